The first-order valence-electron chi connectivity index (χ1n) is 7.16. The third-order valence-electron chi connectivity index (χ3n) is 5.11. The van der Waals surface area contributed by atoms with Crippen LogP contribution in [0.4, 0.5) is 0 Å². The van der Waals surface area contributed by atoms with Crippen LogP contribution in [0.5, 0.6) is 0 Å². The van der Waals surface area contributed by atoms with Crippen LogP contribution in [0.3, 0.4) is 0 Å². The zero-order valence-electron chi connectivity index (χ0n) is 11.3. The van der Waals surface area contributed by atoms with E-state index in [1.165, 1.54) is 0 Å². The van der Waals surface area contributed by atoms with Gasteiger partial charge in [-0.05, 0) is 43.9 Å². The van der Waals surface area contributed by atoms with E-state index in [-0.39, 0.29) is 30.5 Å². The van der Waals surface area contributed by atoms with Crippen LogP contribution in [-0.4, -0.2) is 47.6 Å². The number of carboxylic acids is 2. The average Bonchev–Trinajstić information content (AvgIpc) is 3.27. The molecule has 20 heavy (non-hydrogen) atoms. The summed E-state index contributed by atoms with van der Waals surface area (Å²) >= 11 is 0. The van der Waals surface area contributed by atoms with E-state index >= 15 is 0 Å². The van der Waals surface area contributed by atoms with Gasteiger partial charge in [-0.3, -0.25) is 9.59 Å². The van der Waals surface area contributed by atoms with Gasteiger partial charge in [-0.2, -0.15) is 0 Å². The van der Waals surface area contributed by atoms with Crippen LogP contribution in [-0.2, 0) is 19.1 Å². The highest BCUT2D eigenvalue weighted by Gasteiger charge is 2.54. The fourth-order valence-electron chi connectivity index (χ4n) is 3.56. The van der Waals surface area contributed by atoms with Crippen molar-refractivity contribution in [2.24, 2.45) is 10.8 Å². The van der Waals surface area contributed by atoms with Gasteiger partial charge >= 0.3 is 11.9 Å². The van der Waals surface area contributed by atoms with Gasteiger partial charge in [-0.15, -0.1) is 0 Å². The van der Waals surface area contributed by atoms with E-state index < -0.39 is 17.4 Å². The van der Waals surface area contributed by atoms with Crippen molar-refractivity contribution in [1.82, 2.24) is 0 Å². The molecule has 2 atom stereocenters. The largest absolute Gasteiger partial charge is 0.480 e. The molecule has 1 aliphatic carbocycles. The van der Waals surface area contributed by atoms with E-state index in [9.17, 15) is 19.8 Å². The maximum atomic E-state index is 11.4. The lowest BCUT2D eigenvalue weighted by Gasteiger charge is -2.42. The molecule has 2 saturated heterocycles. The molecule has 6 nitrogen and oxygen atoms in total. The number of hydrogen-bond donors (Lipinski definition) is 2. The van der Waals surface area contributed by atoms with Crippen molar-refractivity contribution in [2.75, 3.05) is 13.2 Å². The Bertz CT molecular complexity index is 383. The monoisotopic (exact) mass is 284 g/mol. The SMILES string of the molecule is O=C(O)C1(C(=O)O)CCC(CC2CO2)(CC2CO2)CC1. The number of rotatable bonds is 6. The zero-order valence-corrected chi connectivity index (χ0v) is 11.3. The first-order valence-corrected chi connectivity index (χ1v) is 7.16. The number of epoxide rings is 2. The Morgan fingerprint density at radius 1 is 0.900 bits per heavy atom. The Morgan fingerprint density at radius 2 is 1.30 bits per heavy atom. The summed E-state index contributed by atoms with van der Waals surface area (Å²) in [6.45, 7) is 1.55. The first-order chi connectivity index (χ1) is 9.46. The molecule has 2 heterocycles. The molecular formula is C14H20O6. The van der Waals surface area contributed by atoms with E-state index in [1.54, 1.807) is 0 Å². The van der Waals surface area contributed by atoms with Crippen LogP contribution >= 0.6 is 0 Å². The Labute approximate surface area is 117 Å². The highest BCUT2D eigenvalue weighted by molar-refractivity contribution is 5.98. The maximum Gasteiger partial charge on any atom is 0.321 e. The van der Waals surface area contributed by atoms with Gasteiger partial charge < -0.3 is 19.7 Å². The molecule has 1 saturated carbocycles. The van der Waals surface area contributed by atoms with Crippen LogP contribution in [0, 0.1) is 10.8 Å². The van der Waals surface area contributed by atoms with Gasteiger partial charge in [0.25, 0.3) is 0 Å². The van der Waals surface area contributed by atoms with Crippen molar-refractivity contribution in [3.63, 3.8) is 0 Å². The third-order valence-corrected chi connectivity index (χ3v) is 5.11. The number of hydrogen-bond acceptors (Lipinski definition) is 4. The number of carboxylic acid groups (broad SMARTS) is 2. The Hall–Kier alpha value is -1.14. The number of carbonyl (C=O) groups is 2. The van der Waals surface area contributed by atoms with Gasteiger partial charge in [0.2, 0.25) is 0 Å². The summed E-state index contributed by atoms with van der Waals surface area (Å²) in [6, 6.07) is 0. The molecule has 0 bridgehead atoms. The van der Waals surface area contributed by atoms with Gasteiger partial charge in [0.1, 0.15) is 0 Å². The highest BCUT2D eigenvalue weighted by Crippen LogP contribution is 2.53. The molecule has 0 aromatic rings. The molecule has 6 heteroatoms. The lowest BCUT2D eigenvalue weighted by Crippen LogP contribution is -2.45. The Morgan fingerprint density at radius 3 is 1.60 bits per heavy atom. The fourth-order valence-corrected chi connectivity index (χ4v) is 3.56. The molecule has 2 aliphatic heterocycles. The number of aliphatic carboxylic acids is 2. The maximum absolute atomic E-state index is 11.4. The summed E-state index contributed by atoms with van der Waals surface area (Å²) in [7, 11) is 0. The normalized spacial score (nSPS) is 33.4. The van der Waals surface area contributed by atoms with E-state index in [1.807, 2.05) is 0 Å². The minimum atomic E-state index is -1.60. The fraction of sp³-hybridized carbons (Fsp3) is 0.857. The molecule has 112 valence electrons. The van der Waals surface area contributed by atoms with Gasteiger partial charge in [0, 0.05) is 0 Å². The van der Waals surface area contributed by atoms with Crippen molar-refractivity contribution in [2.45, 2.75) is 50.7 Å². The topological polar surface area (TPSA) is 99.7 Å². The lowest BCUT2D eigenvalue weighted by atomic mass is 9.60. The summed E-state index contributed by atoms with van der Waals surface area (Å²) in [5.41, 5.74) is -1.60. The van der Waals surface area contributed by atoms with Crippen LogP contribution in [0.25, 0.3) is 0 Å². The summed E-state index contributed by atoms with van der Waals surface area (Å²) < 4.78 is 10.6. The van der Waals surface area contributed by atoms with Crippen LogP contribution < -0.4 is 0 Å². The van der Waals surface area contributed by atoms with Crippen LogP contribution in [0.15, 0.2) is 0 Å². The van der Waals surface area contributed by atoms with Gasteiger partial charge in [0.05, 0.1) is 25.4 Å². The first kappa shape index (κ1) is 13.8. The minimum absolute atomic E-state index is 0.00324. The van der Waals surface area contributed by atoms with E-state index in [0.29, 0.717) is 12.8 Å². The molecular weight excluding hydrogens is 264 g/mol. The van der Waals surface area contributed by atoms with E-state index in [2.05, 4.69) is 0 Å². The molecule has 0 radical (unpaired) electrons. The van der Waals surface area contributed by atoms with Crippen molar-refractivity contribution in [3.8, 4) is 0 Å². The molecule has 3 rings (SSSR count). The van der Waals surface area contributed by atoms with Gasteiger partial charge in [0.15, 0.2) is 5.41 Å². The lowest BCUT2D eigenvalue weighted by molar-refractivity contribution is -0.169. The van der Waals surface area contributed by atoms with Crippen molar-refractivity contribution >= 4 is 11.9 Å². The van der Waals surface area contributed by atoms with Crippen LogP contribution in [0.2, 0.25) is 0 Å². The standard InChI is InChI=1S/C14H20O6/c15-11(16)14(12(17)18)3-1-13(2-4-14,5-9-7-19-9)6-10-8-20-10/h9-10H,1-8H2,(H,15,16)(H,17,18). The van der Waals surface area contributed by atoms with Crippen molar-refractivity contribution < 1.29 is 29.3 Å². The molecule has 0 amide bonds. The zero-order chi connectivity index (χ0) is 14.4. The number of ether oxygens (including phenoxy) is 2. The second kappa shape index (κ2) is 4.70. The highest BCUT2D eigenvalue weighted by atomic mass is 16.6. The van der Waals surface area contributed by atoms with Crippen molar-refractivity contribution in [3.05, 3.63) is 0 Å². The van der Waals surface area contributed by atoms with Crippen LogP contribution in [0.1, 0.15) is 38.5 Å². The average molecular weight is 284 g/mol. The van der Waals surface area contributed by atoms with E-state index in [0.717, 1.165) is 26.1 Å². The predicted molar refractivity (Wildman–Crippen MR) is 67.3 cm³/mol. The summed E-state index contributed by atoms with van der Waals surface area (Å²) in [6.07, 6.45) is 4.03. The molecule has 0 aromatic carbocycles. The smallest absolute Gasteiger partial charge is 0.321 e. The van der Waals surface area contributed by atoms with Gasteiger partial charge in [-0.1, -0.05) is 0 Å². The second-order valence-corrected chi connectivity index (χ2v) is 6.51. The molecule has 2 N–H and O–H groups in total. The summed E-state index contributed by atoms with van der Waals surface area (Å²) in [5.74, 6) is -2.41. The molecule has 3 aliphatic rings. The van der Waals surface area contributed by atoms with Crippen molar-refractivity contribution in [1.29, 1.82) is 0 Å². The third kappa shape index (κ3) is 2.54. The minimum Gasteiger partial charge on any atom is -0.480 e. The summed E-state index contributed by atoms with van der Waals surface area (Å²) in [4.78, 5) is 22.7. The predicted octanol–water partition coefficient (Wildman–Crippen LogP) is 1.28. The Balaban J connectivity index is 1.72. The molecule has 0 spiro atoms. The second-order valence-electron chi connectivity index (χ2n) is 6.51. The Kier molecular flexibility index (Phi) is 3.25. The quantitative estimate of drug-likeness (QED) is 0.563. The molecule has 0 aromatic heterocycles. The van der Waals surface area contributed by atoms with E-state index in [4.69, 9.17) is 9.47 Å². The molecule has 2 unspecified atom stereocenters. The van der Waals surface area contributed by atoms with Gasteiger partial charge in [-0.25, -0.2) is 0 Å². The summed E-state index contributed by atoms with van der Waals surface area (Å²) in [5, 5.41) is 18.6. The molecule has 3 fully saturated rings.